The number of aromatic amines is 1. The number of halogens is 1. The number of hydrogen-bond donors (Lipinski definition) is 2. The Morgan fingerprint density at radius 2 is 2.19 bits per heavy atom. The van der Waals surface area contributed by atoms with E-state index in [4.69, 9.17) is 6.42 Å². The maximum Gasteiger partial charge on any atom is 0.225 e. The number of H-pyrrole nitrogens is 1. The Hall–Kier alpha value is -1.52. The number of nitrogens with one attached hydrogen (secondary N) is 2. The standard InChI is InChI=1S/C21H24IN3O/c1-3-13-25-18(26)14-20(4-2,10-11-22)21(25)19-16(9-12-23-21)15-7-5-6-8-17(15)24-19/h1,5-8,23-24H,4,9-14H2,2H3/t20-,21+/m0/s1. The molecule has 3 heterocycles. The van der Waals surface area contributed by atoms with Crippen LogP contribution in [0.4, 0.5) is 0 Å². The first-order valence-corrected chi connectivity index (χ1v) is 10.8. The zero-order valence-corrected chi connectivity index (χ0v) is 17.2. The van der Waals surface area contributed by atoms with Crippen molar-refractivity contribution in [2.24, 2.45) is 5.41 Å². The summed E-state index contributed by atoms with van der Waals surface area (Å²) >= 11 is 2.43. The van der Waals surface area contributed by atoms with E-state index in [-0.39, 0.29) is 11.3 Å². The molecule has 2 N–H and O–H groups in total. The van der Waals surface area contributed by atoms with Gasteiger partial charge in [0.1, 0.15) is 5.66 Å². The number of benzene rings is 1. The molecule has 2 aromatic rings. The molecule has 1 aromatic carbocycles. The molecule has 4 rings (SSSR count). The van der Waals surface area contributed by atoms with Crippen molar-refractivity contribution in [2.75, 3.05) is 17.5 Å². The van der Waals surface area contributed by atoms with Gasteiger partial charge in [0, 0.05) is 33.7 Å². The van der Waals surface area contributed by atoms with Crippen molar-refractivity contribution in [1.82, 2.24) is 15.2 Å². The molecule has 0 bridgehead atoms. The molecule has 26 heavy (non-hydrogen) atoms. The van der Waals surface area contributed by atoms with Crippen LogP contribution in [0.1, 0.15) is 37.4 Å². The number of likely N-dealkylation sites (tertiary alicyclic amines) is 1. The Morgan fingerprint density at radius 1 is 1.38 bits per heavy atom. The van der Waals surface area contributed by atoms with E-state index in [1.54, 1.807) is 0 Å². The molecule has 1 amide bonds. The van der Waals surface area contributed by atoms with Crippen molar-refractivity contribution in [3.05, 3.63) is 35.5 Å². The molecular weight excluding hydrogens is 437 g/mol. The van der Waals surface area contributed by atoms with Crippen LogP contribution in [0.25, 0.3) is 10.9 Å². The number of fused-ring (bicyclic) bond motifs is 4. The summed E-state index contributed by atoms with van der Waals surface area (Å²) in [5.74, 6) is 2.89. The van der Waals surface area contributed by atoms with Gasteiger partial charge in [-0.15, -0.1) is 6.42 Å². The first kappa shape index (κ1) is 17.9. The third-order valence-electron chi connectivity index (χ3n) is 6.39. The maximum atomic E-state index is 13.1. The molecule has 1 saturated heterocycles. The Balaban J connectivity index is 2.02. The molecule has 2 aliphatic heterocycles. The van der Waals surface area contributed by atoms with E-state index in [0.29, 0.717) is 13.0 Å². The third-order valence-corrected chi connectivity index (χ3v) is 6.93. The van der Waals surface area contributed by atoms with Crippen molar-refractivity contribution in [3.8, 4) is 12.3 Å². The van der Waals surface area contributed by atoms with Crippen LogP contribution in [0, 0.1) is 17.8 Å². The predicted octanol–water partition coefficient (Wildman–Crippen LogP) is 3.55. The molecule has 0 saturated carbocycles. The van der Waals surface area contributed by atoms with Gasteiger partial charge in [-0.1, -0.05) is 53.6 Å². The van der Waals surface area contributed by atoms with E-state index in [1.807, 2.05) is 4.90 Å². The van der Waals surface area contributed by atoms with E-state index < -0.39 is 5.66 Å². The second-order valence-corrected chi connectivity index (χ2v) is 8.42. The average Bonchev–Trinajstić information content (AvgIpc) is 3.14. The summed E-state index contributed by atoms with van der Waals surface area (Å²) in [6.07, 6.45) is 9.11. The number of para-hydroxylation sites is 1. The van der Waals surface area contributed by atoms with Crippen molar-refractivity contribution in [2.45, 2.75) is 38.3 Å². The molecule has 4 nitrogen and oxygen atoms in total. The average molecular weight is 461 g/mol. The molecule has 1 aromatic heterocycles. The lowest BCUT2D eigenvalue weighted by molar-refractivity contribution is -0.132. The smallest absolute Gasteiger partial charge is 0.225 e. The van der Waals surface area contributed by atoms with E-state index in [0.717, 1.165) is 41.4 Å². The Labute approximate surface area is 168 Å². The number of carbonyl (C=O) groups excluding carboxylic acids is 1. The molecule has 0 unspecified atom stereocenters. The van der Waals surface area contributed by atoms with Crippen LogP contribution >= 0.6 is 22.6 Å². The molecule has 136 valence electrons. The van der Waals surface area contributed by atoms with Gasteiger partial charge in [-0.05, 0) is 30.9 Å². The summed E-state index contributed by atoms with van der Waals surface area (Å²) in [6, 6.07) is 8.44. The van der Waals surface area contributed by atoms with Gasteiger partial charge in [0.25, 0.3) is 0 Å². The number of hydrogen-bond acceptors (Lipinski definition) is 2. The van der Waals surface area contributed by atoms with Gasteiger partial charge in [0.2, 0.25) is 5.91 Å². The fourth-order valence-corrected chi connectivity index (χ4v) is 6.23. The summed E-state index contributed by atoms with van der Waals surface area (Å²) < 4.78 is 1.02. The molecule has 0 radical (unpaired) electrons. The predicted molar refractivity (Wildman–Crippen MR) is 113 cm³/mol. The summed E-state index contributed by atoms with van der Waals surface area (Å²) in [6.45, 7) is 3.40. The van der Waals surface area contributed by atoms with Crippen LogP contribution in [0.5, 0.6) is 0 Å². The Morgan fingerprint density at radius 3 is 2.92 bits per heavy atom. The lowest BCUT2D eigenvalue weighted by atomic mass is 9.67. The maximum absolute atomic E-state index is 13.1. The number of alkyl halides is 1. The number of rotatable bonds is 4. The number of amides is 1. The lowest BCUT2D eigenvalue weighted by Crippen LogP contribution is -2.64. The first-order chi connectivity index (χ1) is 12.6. The minimum atomic E-state index is -0.539. The zero-order chi connectivity index (χ0) is 18.4. The van der Waals surface area contributed by atoms with Gasteiger partial charge in [-0.25, -0.2) is 0 Å². The second-order valence-electron chi connectivity index (χ2n) is 7.34. The second kappa shape index (κ2) is 6.58. The fraction of sp³-hybridized carbons (Fsp3) is 0.476. The van der Waals surface area contributed by atoms with E-state index in [2.05, 4.69) is 70.0 Å². The zero-order valence-electron chi connectivity index (χ0n) is 15.1. The highest BCUT2D eigenvalue weighted by Crippen LogP contribution is 2.57. The van der Waals surface area contributed by atoms with E-state index in [9.17, 15) is 4.79 Å². The first-order valence-electron chi connectivity index (χ1n) is 9.28. The summed E-state index contributed by atoms with van der Waals surface area (Å²) in [7, 11) is 0. The molecule has 2 aliphatic rings. The van der Waals surface area contributed by atoms with Crippen LogP contribution in [0.2, 0.25) is 0 Å². The molecule has 1 spiro atoms. The van der Waals surface area contributed by atoms with Gasteiger partial charge >= 0.3 is 0 Å². The summed E-state index contributed by atoms with van der Waals surface area (Å²) in [5, 5.41) is 5.05. The Bertz CT molecular complexity index is 898. The van der Waals surface area contributed by atoms with Crippen molar-refractivity contribution >= 4 is 39.4 Å². The molecule has 5 heteroatoms. The fourth-order valence-electron chi connectivity index (χ4n) is 5.20. The van der Waals surface area contributed by atoms with Gasteiger partial charge in [-0.2, -0.15) is 0 Å². The van der Waals surface area contributed by atoms with Crippen LogP contribution in [0.3, 0.4) is 0 Å². The van der Waals surface area contributed by atoms with Gasteiger partial charge < -0.3 is 9.88 Å². The van der Waals surface area contributed by atoms with Gasteiger partial charge in [0.15, 0.2) is 0 Å². The summed E-state index contributed by atoms with van der Waals surface area (Å²) in [5.41, 5.74) is 2.93. The Kier molecular flexibility index (Phi) is 4.52. The molecule has 0 aliphatic carbocycles. The van der Waals surface area contributed by atoms with Crippen molar-refractivity contribution in [3.63, 3.8) is 0 Å². The van der Waals surface area contributed by atoms with Crippen molar-refractivity contribution < 1.29 is 4.79 Å². The van der Waals surface area contributed by atoms with Crippen molar-refractivity contribution in [1.29, 1.82) is 0 Å². The molecular formula is C21H24IN3O. The van der Waals surface area contributed by atoms with Crippen LogP contribution in [-0.2, 0) is 16.9 Å². The third kappa shape index (κ3) is 2.21. The highest BCUT2D eigenvalue weighted by atomic mass is 127. The number of carbonyl (C=O) groups is 1. The van der Waals surface area contributed by atoms with Crippen LogP contribution in [0.15, 0.2) is 24.3 Å². The number of terminal acetylenes is 1. The SMILES string of the molecule is C#CCN1C(=O)C[C@](CC)(CCI)[C@]12NCCc1c2[nH]c2ccccc12. The highest BCUT2D eigenvalue weighted by molar-refractivity contribution is 14.1. The largest absolute Gasteiger partial charge is 0.355 e. The lowest BCUT2D eigenvalue weighted by Gasteiger charge is -2.51. The van der Waals surface area contributed by atoms with Crippen LogP contribution < -0.4 is 5.32 Å². The minimum Gasteiger partial charge on any atom is -0.355 e. The number of aromatic nitrogens is 1. The number of nitrogens with zero attached hydrogens (tertiary/aromatic N) is 1. The van der Waals surface area contributed by atoms with E-state index >= 15 is 0 Å². The van der Waals surface area contributed by atoms with Crippen LogP contribution in [-0.4, -0.2) is 33.3 Å². The molecule has 1 fully saturated rings. The topological polar surface area (TPSA) is 48.1 Å². The quantitative estimate of drug-likeness (QED) is 0.416. The van der Waals surface area contributed by atoms with Gasteiger partial charge in [-0.3, -0.25) is 10.1 Å². The highest BCUT2D eigenvalue weighted by Gasteiger charge is 2.64. The monoisotopic (exact) mass is 461 g/mol. The summed E-state index contributed by atoms with van der Waals surface area (Å²) in [4.78, 5) is 18.7. The molecule has 2 atom stereocenters. The minimum absolute atomic E-state index is 0.155. The van der Waals surface area contributed by atoms with Gasteiger partial charge in [0.05, 0.1) is 12.2 Å². The normalized spacial score (nSPS) is 27.9. The van der Waals surface area contributed by atoms with E-state index in [1.165, 1.54) is 10.9 Å².